The minimum absolute atomic E-state index is 0.835. The number of nitrogens with zero attached hydrogens (tertiary/aromatic N) is 5. The summed E-state index contributed by atoms with van der Waals surface area (Å²) < 4.78 is 4.51. The fourth-order valence-electron chi connectivity index (χ4n) is 1.80. The Bertz CT molecular complexity index is 528. The lowest BCUT2D eigenvalue weighted by molar-refractivity contribution is 0.740. The molecule has 5 nitrogen and oxygen atoms in total. The fourth-order valence-corrected chi connectivity index (χ4v) is 2.42. The Kier molecular flexibility index (Phi) is 3.24. The number of hydrogen-bond acceptors (Lipinski definition) is 3. The van der Waals surface area contributed by atoms with Gasteiger partial charge in [0.2, 0.25) is 0 Å². The summed E-state index contributed by atoms with van der Waals surface area (Å²) in [6, 6.07) is 2.10. The van der Waals surface area contributed by atoms with Gasteiger partial charge >= 0.3 is 0 Å². The molecule has 0 unspecified atom stereocenters. The molecule has 92 valence electrons. The van der Waals surface area contributed by atoms with E-state index in [9.17, 15) is 0 Å². The summed E-state index contributed by atoms with van der Waals surface area (Å²) in [4.78, 5) is 2.07. The van der Waals surface area contributed by atoms with Crippen LogP contribution in [0.2, 0.25) is 0 Å². The second-order valence-corrected chi connectivity index (χ2v) is 4.76. The predicted molar refractivity (Wildman–Crippen MR) is 71.6 cm³/mol. The summed E-state index contributed by atoms with van der Waals surface area (Å²) in [7, 11) is 5.87. The summed E-state index contributed by atoms with van der Waals surface area (Å²) in [5.41, 5.74) is 2.12. The van der Waals surface area contributed by atoms with E-state index in [2.05, 4.69) is 44.0 Å². The first-order valence-electron chi connectivity index (χ1n) is 5.48. The standard InChI is InChI=1S/C11H16BrN5/c1-5-8-6-10(17(4)13-8)16(3)9-7-15(2)14-11(9)12/h6-7H,5H2,1-4H3. The smallest absolute Gasteiger partial charge is 0.151 e. The van der Waals surface area contributed by atoms with E-state index in [0.29, 0.717) is 0 Å². The van der Waals surface area contributed by atoms with Gasteiger partial charge in [0, 0.05) is 33.4 Å². The van der Waals surface area contributed by atoms with Gasteiger partial charge in [-0.2, -0.15) is 10.2 Å². The number of halogens is 1. The molecule has 2 aromatic heterocycles. The summed E-state index contributed by atoms with van der Waals surface area (Å²) in [6.45, 7) is 2.10. The highest BCUT2D eigenvalue weighted by Gasteiger charge is 2.15. The summed E-state index contributed by atoms with van der Waals surface area (Å²) in [6.07, 6.45) is 2.92. The lowest BCUT2D eigenvalue weighted by Crippen LogP contribution is -2.13. The van der Waals surface area contributed by atoms with Gasteiger partial charge in [0.25, 0.3) is 0 Å². The minimum Gasteiger partial charge on any atom is -0.326 e. The highest BCUT2D eigenvalue weighted by atomic mass is 79.9. The van der Waals surface area contributed by atoms with E-state index in [1.807, 2.05) is 32.0 Å². The van der Waals surface area contributed by atoms with Gasteiger partial charge in [0.1, 0.15) is 5.82 Å². The molecule has 6 heteroatoms. The van der Waals surface area contributed by atoms with E-state index < -0.39 is 0 Å². The maximum Gasteiger partial charge on any atom is 0.151 e. The van der Waals surface area contributed by atoms with E-state index in [0.717, 1.165) is 28.2 Å². The fraction of sp³-hybridized carbons (Fsp3) is 0.455. The van der Waals surface area contributed by atoms with Crippen molar-refractivity contribution >= 4 is 27.4 Å². The first-order valence-corrected chi connectivity index (χ1v) is 6.28. The SMILES string of the molecule is CCc1cc(N(C)c2cn(C)nc2Br)n(C)n1. The second kappa shape index (κ2) is 4.52. The van der Waals surface area contributed by atoms with Crippen molar-refractivity contribution in [2.75, 3.05) is 11.9 Å². The van der Waals surface area contributed by atoms with Crippen LogP contribution in [0.4, 0.5) is 11.5 Å². The lowest BCUT2D eigenvalue weighted by Gasteiger charge is -2.17. The van der Waals surface area contributed by atoms with Crippen LogP contribution in [-0.4, -0.2) is 26.6 Å². The van der Waals surface area contributed by atoms with E-state index in [4.69, 9.17) is 0 Å². The molecule has 0 aliphatic heterocycles. The number of anilines is 2. The Hall–Kier alpha value is -1.30. The molecule has 0 N–H and O–H groups in total. The van der Waals surface area contributed by atoms with Crippen molar-refractivity contribution < 1.29 is 0 Å². The van der Waals surface area contributed by atoms with Crippen molar-refractivity contribution in [3.63, 3.8) is 0 Å². The van der Waals surface area contributed by atoms with Gasteiger partial charge in [-0.3, -0.25) is 9.36 Å². The molecular formula is C11H16BrN5. The molecular weight excluding hydrogens is 282 g/mol. The second-order valence-electron chi connectivity index (χ2n) is 4.01. The average Bonchev–Trinajstić information content (AvgIpc) is 2.81. The zero-order valence-corrected chi connectivity index (χ0v) is 12.1. The predicted octanol–water partition coefficient (Wildman–Crippen LogP) is 2.25. The molecule has 0 radical (unpaired) electrons. The van der Waals surface area contributed by atoms with E-state index in [1.165, 1.54) is 0 Å². The third-order valence-corrected chi connectivity index (χ3v) is 3.30. The normalized spacial score (nSPS) is 10.9. The summed E-state index contributed by atoms with van der Waals surface area (Å²) in [5, 5.41) is 8.72. The van der Waals surface area contributed by atoms with Crippen LogP contribution in [0.15, 0.2) is 16.9 Å². The Morgan fingerprint density at radius 3 is 2.53 bits per heavy atom. The van der Waals surface area contributed by atoms with Crippen LogP contribution in [0.5, 0.6) is 0 Å². The highest BCUT2D eigenvalue weighted by molar-refractivity contribution is 9.10. The summed E-state index contributed by atoms with van der Waals surface area (Å²) >= 11 is 3.46. The van der Waals surface area contributed by atoms with Crippen LogP contribution in [-0.2, 0) is 20.5 Å². The number of aryl methyl sites for hydroxylation is 3. The van der Waals surface area contributed by atoms with Crippen molar-refractivity contribution in [2.24, 2.45) is 14.1 Å². The molecule has 0 bridgehead atoms. The molecule has 0 saturated heterocycles. The molecule has 0 aliphatic carbocycles. The van der Waals surface area contributed by atoms with Crippen LogP contribution >= 0.6 is 15.9 Å². The minimum atomic E-state index is 0.835. The van der Waals surface area contributed by atoms with Gasteiger partial charge in [0.05, 0.1) is 11.4 Å². The van der Waals surface area contributed by atoms with Crippen molar-refractivity contribution in [1.29, 1.82) is 0 Å². The monoisotopic (exact) mass is 297 g/mol. The maximum absolute atomic E-state index is 4.44. The molecule has 0 atom stereocenters. The third kappa shape index (κ3) is 2.22. The lowest BCUT2D eigenvalue weighted by atomic mass is 10.3. The van der Waals surface area contributed by atoms with E-state index in [-0.39, 0.29) is 0 Å². The van der Waals surface area contributed by atoms with Gasteiger partial charge in [-0.1, -0.05) is 6.92 Å². The van der Waals surface area contributed by atoms with Gasteiger partial charge in [-0.15, -0.1) is 0 Å². The van der Waals surface area contributed by atoms with Gasteiger partial charge in [-0.05, 0) is 22.4 Å². The first-order chi connectivity index (χ1) is 8.02. The zero-order valence-electron chi connectivity index (χ0n) is 10.5. The molecule has 0 amide bonds. The molecule has 2 aromatic rings. The molecule has 0 spiro atoms. The van der Waals surface area contributed by atoms with Crippen LogP contribution in [0.3, 0.4) is 0 Å². The average molecular weight is 298 g/mol. The quantitative estimate of drug-likeness (QED) is 0.872. The van der Waals surface area contributed by atoms with Crippen molar-refractivity contribution in [3.05, 3.63) is 22.6 Å². The zero-order chi connectivity index (χ0) is 12.6. The van der Waals surface area contributed by atoms with E-state index in [1.54, 1.807) is 4.68 Å². The Morgan fingerprint density at radius 2 is 2.06 bits per heavy atom. The van der Waals surface area contributed by atoms with Crippen LogP contribution in [0.25, 0.3) is 0 Å². The molecule has 0 fully saturated rings. The number of rotatable bonds is 3. The van der Waals surface area contributed by atoms with Crippen molar-refractivity contribution in [2.45, 2.75) is 13.3 Å². The van der Waals surface area contributed by atoms with Gasteiger partial charge < -0.3 is 4.90 Å². The van der Waals surface area contributed by atoms with Crippen molar-refractivity contribution in [1.82, 2.24) is 19.6 Å². The Balaban J connectivity index is 2.39. The highest BCUT2D eigenvalue weighted by Crippen LogP contribution is 2.29. The molecule has 0 aliphatic rings. The maximum atomic E-state index is 4.44. The molecule has 2 heterocycles. The van der Waals surface area contributed by atoms with Crippen LogP contribution in [0.1, 0.15) is 12.6 Å². The van der Waals surface area contributed by atoms with Gasteiger partial charge in [-0.25, -0.2) is 0 Å². The van der Waals surface area contributed by atoms with Crippen molar-refractivity contribution in [3.8, 4) is 0 Å². The molecule has 0 aromatic carbocycles. The largest absolute Gasteiger partial charge is 0.326 e. The molecule has 17 heavy (non-hydrogen) atoms. The number of aromatic nitrogens is 4. The summed E-state index contributed by atoms with van der Waals surface area (Å²) in [5.74, 6) is 1.05. The molecule has 2 rings (SSSR count). The van der Waals surface area contributed by atoms with Gasteiger partial charge in [0.15, 0.2) is 4.60 Å². The first kappa shape index (κ1) is 12.2. The Labute approximate surface area is 109 Å². The third-order valence-electron chi connectivity index (χ3n) is 2.74. The topological polar surface area (TPSA) is 38.9 Å². The number of hydrogen-bond donors (Lipinski definition) is 0. The van der Waals surface area contributed by atoms with Crippen LogP contribution < -0.4 is 4.90 Å². The Morgan fingerprint density at radius 1 is 1.35 bits per heavy atom. The molecule has 0 saturated carbocycles. The van der Waals surface area contributed by atoms with Crippen LogP contribution in [0, 0.1) is 0 Å². The van der Waals surface area contributed by atoms with E-state index >= 15 is 0 Å².